The van der Waals surface area contributed by atoms with Crippen LogP contribution in [0.1, 0.15) is 16.7 Å². The molecule has 0 spiro atoms. The highest BCUT2D eigenvalue weighted by Gasteiger charge is 2.31. The summed E-state index contributed by atoms with van der Waals surface area (Å²) in [4.78, 5) is 1.87. The number of hydrogen-bond acceptors (Lipinski definition) is 2. The lowest BCUT2D eigenvalue weighted by atomic mass is 10.0. The first-order valence-electron chi connectivity index (χ1n) is 9.83. The second-order valence-corrected chi connectivity index (χ2v) is 9.64. The molecule has 4 nitrogen and oxygen atoms in total. The van der Waals surface area contributed by atoms with E-state index in [1.807, 2.05) is 26.0 Å². The van der Waals surface area contributed by atoms with Crippen LogP contribution in [0.15, 0.2) is 65.6 Å². The predicted molar refractivity (Wildman–Crippen MR) is 113 cm³/mol. The molecule has 1 aliphatic rings. The Kier molecular flexibility index (Phi) is 5.23. The van der Waals surface area contributed by atoms with E-state index >= 15 is 0 Å². The first kappa shape index (κ1) is 19.1. The molecule has 0 amide bonds. The van der Waals surface area contributed by atoms with Crippen LogP contribution in [0, 0.1) is 13.8 Å². The molecule has 0 atom stereocenters. The molecule has 1 N–H and O–H groups in total. The van der Waals surface area contributed by atoms with Gasteiger partial charge in [-0.15, -0.1) is 0 Å². The summed E-state index contributed by atoms with van der Waals surface area (Å²) in [5.41, 5.74) is 3.24. The molecule has 1 aliphatic heterocycles. The fourth-order valence-electron chi connectivity index (χ4n) is 4.16. The molecule has 1 fully saturated rings. The maximum absolute atomic E-state index is 13.1. The van der Waals surface area contributed by atoms with Crippen LogP contribution in [0.25, 0.3) is 10.8 Å². The van der Waals surface area contributed by atoms with E-state index in [4.69, 9.17) is 0 Å². The number of benzene rings is 3. The molecule has 1 heterocycles. The van der Waals surface area contributed by atoms with E-state index in [1.165, 1.54) is 21.2 Å². The zero-order valence-corrected chi connectivity index (χ0v) is 17.3. The van der Waals surface area contributed by atoms with Gasteiger partial charge >= 0.3 is 0 Å². The van der Waals surface area contributed by atoms with Gasteiger partial charge in [0, 0.05) is 5.56 Å². The zero-order valence-electron chi connectivity index (χ0n) is 16.5. The summed E-state index contributed by atoms with van der Waals surface area (Å²) >= 11 is 0. The zero-order chi connectivity index (χ0) is 19.7. The van der Waals surface area contributed by atoms with E-state index in [9.17, 15) is 8.42 Å². The van der Waals surface area contributed by atoms with Crippen LogP contribution in [0.2, 0.25) is 0 Å². The van der Waals surface area contributed by atoms with E-state index in [0.717, 1.165) is 30.8 Å². The molecule has 1 saturated heterocycles. The lowest BCUT2D eigenvalue weighted by molar-refractivity contribution is -0.917. The number of piperazine rings is 1. The second-order valence-electron chi connectivity index (χ2n) is 7.74. The molecular formula is C23H27N2O2S+. The third-order valence-corrected chi connectivity index (χ3v) is 7.76. The predicted octanol–water partition coefficient (Wildman–Crippen LogP) is 2.55. The number of fused-ring (bicyclic) bond motifs is 1. The largest absolute Gasteiger partial charge is 0.329 e. The molecule has 0 radical (unpaired) electrons. The molecule has 0 bridgehead atoms. The van der Waals surface area contributed by atoms with Crippen molar-refractivity contribution < 1.29 is 13.3 Å². The van der Waals surface area contributed by atoms with E-state index in [-0.39, 0.29) is 0 Å². The van der Waals surface area contributed by atoms with Gasteiger partial charge in [-0.1, -0.05) is 60.2 Å². The molecule has 4 rings (SSSR count). The summed E-state index contributed by atoms with van der Waals surface area (Å²) in [5, 5.41) is 2.55. The van der Waals surface area contributed by atoms with Crippen molar-refractivity contribution in [2.75, 3.05) is 26.2 Å². The Morgan fingerprint density at radius 1 is 0.929 bits per heavy atom. The highest BCUT2D eigenvalue weighted by Crippen LogP contribution is 2.21. The van der Waals surface area contributed by atoms with E-state index in [0.29, 0.717) is 18.0 Å². The Labute approximate surface area is 167 Å². The summed E-state index contributed by atoms with van der Waals surface area (Å²) < 4.78 is 27.8. The topological polar surface area (TPSA) is 41.8 Å². The van der Waals surface area contributed by atoms with Crippen molar-refractivity contribution in [3.8, 4) is 0 Å². The second kappa shape index (κ2) is 7.66. The number of hydrogen-bond donors (Lipinski definition) is 1. The summed E-state index contributed by atoms with van der Waals surface area (Å²) in [6.07, 6.45) is 0. The minimum Gasteiger partial charge on any atom is -0.329 e. The van der Waals surface area contributed by atoms with Crippen molar-refractivity contribution >= 4 is 20.8 Å². The highest BCUT2D eigenvalue weighted by molar-refractivity contribution is 7.89. The van der Waals surface area contributed by atoms with Gasteiger partial charge in [-0.05, 0) is 36.2 Å². The van der Waals surface area contributed by atoms with Crippen molar-refractivity contribution in [2.24, 2.45) is 0 Å². The molecule has 0 saturated carbocycles. The van der Waals surface area contributed by atoms with Gasteiger partial charge in [0.25, 0.3) is 0 Å². The van der Waals surface area contributed by atoms with Crippen molar-refractivity contribution in [3.05, 3.63) is 77.4 Å². The van der Waals surface area contributed by atoms with Gasteiger partial charge in [0.05, 0.1) is 31.1 Å². The summed E-state index contributed by atoms with van der Waals surface area (Å²) in [6, 6.07) is 20.5. The average molecular weight is 396 g/mol. The smallest absolute Gasteiger partial charge is 0.243 e. The number of aryl methyl sites for hydroxylation is 2. The Morgan fingerprint density at radius 2 is 1.64 bits per heavy atom. The summed E-state index contributed by atoms with van der Waals surface area (Å²) in [6.45, 7) is 7.58. The van der Waals surface area contributed by atoms with Gasteiger partial charge in [0.1, 0.15) is 6.54 Å². The SMILES string of the molecule is Cc1ccc(S(=O)(=O)N2CC[NH+](Cc3cccc4ccccc34)CC2)c(C)c1. The van der Waals surface area contributed by atoms with Crippen molar-refractivity contribution in [2.45, 2.75) is 25.3 Å². The Balaban J connectivity index is 1.47. The Morgan fingerprint density at radius 3 is 2.39 bits per heavy atom. The Hall–Kier alpha value is -2.21. The van der Waals surface area contributed by atoms with Crippen LogP contribution < -0.4 is 4.90 Å². The van der Waals surface area contributed by atoms with Gasteiger partial charge in [-0.25, -0.2) is 8.42 Å². The van der Waals surface area contributed by atoms with Gasteiger partial charge in [0.15, 0.2) is 0 Å². The normalized spacial score (nSPS) is 16.5. The van der Waals surface area contributed by atoms with Gasteiger partial charge in [-0.2, -0.15) is 4.31 Å². The third-order valence-electron chi connectivity index (χ3n) is 5.70. The first-order chi connectivity index (χ1) is 13.4. The maximum Gasteiger partial charge on any atom is 0.243 e. The number of sulfonamides is 1. The first-order valence-corrected chi connectivity index (χ1v) is 11.3. The van der Waals surface area contributed by atoms with Gasteiger partial charge in [0.2, 0.25) is 10.0 Å². The number of quaternary nitrogens is 1. The molecule has 146 valence electrons. The fraction of sp³-hybridized carbons (Fsp3) is 0.304. The molecule has 5 heteroatoms. The molecular weight excluding hydrogens is 368 g/mol. The van der Waals surface area contributed by atoms with Crippen molar-refractivity contribution in [1.82, 2.24) is 4.31 Å². The standard InChI is InChI=1S/C23H26N2O2S/c1-18-10-11-23(19(2)16-18)28(26,27)25-14-12-24(13-15-25)17-21-8-5-7-20-6-3-4-9-22(20)21/h3-11,16H,12-15,17H2,1-2H3/p+1. The molecule has 28 heavy (non-hydrogen) atoms. The minimum absolute atomic E-state index is 0.440. The third kappa shape index (κ3) is 3.70. The quantitative estimate of drug-likeness (QED) is 0.738. The Bertz CT molecular complexity index is 1100. The average Bonchev–Trinajstić information content (AvgIpc) is 2.68. The number of nitrogens with zero attached hydrogens (tertiary/aromatic N) is 1. The van der Waals surface area contributed by atoms with E-state index in [2.05, 4.69) is 42.5 Å². The summed E-state index contributed by atoms with van der Waals surface area (Å²) in [5.74, 6) is 0. The monoisotopic (exact) mass is 395 g/mol. The van der Waals surface area contributed by atoms with Crippen LogP contribution in [-0.2, 0) is 16.6 Å². The van der Waals surface area contributed by atoms with Crippen LogP contribution in [0.5, 0.6) is 0 Å². The van der Waals surface area contributed by atoms with Crippen LogP contribution in [0.3, 0.4) is 0 Å². The van der Waals surface area contributed by atoms with Crippen molar-refractivity contribution in [1.29, 1.82) is 0 Å². The van der Waals surface area contributed by atoms with Crippen LogP contribution in [0.4, 0.5) is 0 Å². The lowest BCUT2D eigenvalue weighted by Crippen LogP contribution is -3.13. The van der Waals surface area contributed by atoms with E-state index < -0.39 is 10.0 Å². The van der Waals surface area contributed by atoms with Crippen LogP contribution in [-0.4, -0.2) is 38.9 Å². The van der Waals surface area contributed by atoms with Crippen LogP contribution >= 0.6 is 0 Å². The molecule has 3 aromatic carbocycles. The molecule has 0 aromatic heterocycles. The lowest BCUT2D eigenvalue weighted by Gasteiger charge is -2.32. The number of nitrogens with one attached hydrogen (secondary N) is 1. The highest BCUT2D eigenvalue weighted by atomic mass is 32.2. The molecule has 0 aliphatic carbocycles. The molecule has 3 aromatic rings. The fourth-order valence-corrected chi connectivity index (χ4v) is 5.81. The van der Waals surface area contributed by atoms with Crippen molar-refractivity contribution in [3.63, 3.8) is 0 Å². The van der Waals surface area contributed by atoms with E-state index in [1.54, 1.807) is 10.4 Å². The molecule has 0 unspecified atom stereocenters. The maximum atomic E-state index is 13.1. The summed E-state index contributed by atoms with van der Waals surface area (Å²) in [7, 11) is -3.42. The number of rotatable bonds is 4. The van der Waals surface area contributed by atoms with Gasteiger partial charge in [-0.3, -0.25) is 0 Å². The minimum atomic E-state index is -3.42. The van der Waals surface area contributed by atoms with Gasteiger partial charge < -0.3 is 4.90 Å².